The number of carbonyl (C=O) groups excluding carboxylic acids is 3. The summed E-state index contributed by atoms with van der Waals surface area (Å²) in [7, 11) is -3.58. The molecule has 0 saturated heterocycles. The van der Waals surface area contributed by atoms with Crippen molar-refractivity contribution in [2.75, 3.05) is 15.5 Å². The summed E-state index contributed by atoms with van der Waals surface area (Å²) >= 11 is 0. The molecule has 0 spiro atoms. The lowest BCUT2D eigenvalue weighted by Gasteiger charge is -2.22. The summed E-state index contributed by atoms with van der Waals surface area (Å²) in [5.74, 6) is -1.91. The molecule has 9 nitrogen and oxygen atoms in total. The highest BCUT2D eigenvalue weighted by Gasteiger charge is 2.40. The van der Waals surface area contributed by atoms with E-state index >= 15 is 0 Å². The van der Waals surface area contributed by atoms with E-state index in [0.717, 1.165) is 5.06 Å². The normalized spacial score (nSPS) is 15.8. The van der Waals surface area contributed by atoms with Gasteiger partial charge in [0.25, 0.3) is 5.91 Å². The predicted octanol–water partition coefficient (Wildman–Crippen LogP) is 4.01. The van der Waals surface area contributed by atoms with Gasteiger partial charge in [0.1, 0.15) is 5.76 Å². The van der Waals surface area contributed by atoms with Gasteiger partial charge in [-0.1, -0.05) is 6.92 Å². The van der Waals surface area contributed by atoms with Crippen LogP contribution in [0.5, 0.6) is 0 Å². The summed E-state index contributed by atoms with van der Waals surface area (Å²) in [6.07, 6.45) is 0.430. The van der Waals surface area contributed by atoms with Gasteiger partial charge in [-0.3, -0.25) is 14.3 Å². The van der Waals surface area contributed by atoms with Crippen LogP contribution in [0.4, 0.5) is 11.4 Å². The smallest absolute Gasteiger partial charge is 0.338 e. The van der Waals surface area contributed by atoms with Crippen molar-refractivity contribution < 1.29 is 32.4 Å². The van der Waals surface area contributed by atoms with Gasteiger partial charge < -0.3 is 9.57 Å². The number of carbonyl (C=O) groups is 3. The highest BCUT2D eigenvalue weighted by atomic mass is 32.2. The minimum atomic E-state index is -3.58. The molecule has 0 atom stereocenters. The Morgan fingerprint density at radius 2 is 1.61 bits per heavy atom. The average molecular weight is 481 g/mol. The van der Waals surface area contributed by atoms with Gasteiger partial charge in [0.15, 0.2) is 0 Å². The number of nitrogens with one attached hydrogen (secondary N) is 1. The first-order chi connectivity index (χ1) is 15.0. The fourth-order valence-electron chi connectivity index (χ4n) is 2.79. The van der Waals surface area contributed by atoms with Crippen LogP contribution in [-0.2, 0) is 34.0 Å². The van der Waals surface area contributed by atoms with Gasteiger partial charge in [0.2, 0.25) is 10.0 Å². The number of rotatable bonds is 6. The molecule has 0 saturated carbocycles. The van der Waals surface area contributed by atoms with Crippen LogP contribution in [0.3, 0.4) is 0 Å². The van der Waals surface area contributed by atoms with E-state index in [1.54, 1.807) is 48.5 Å². The molecule has 1 heterocycles. The zero-order valence-electron chi connectivity index (χ0n) is 20.4. The average Bonchev–Trinajstić information content (AvgIpc) is 2.91. The molecule has 0 unspecified atom stereocenters. The molecule has 0 aromatic heterocycles. The Hall–Kier alpha value is -2.88. The number of nitrogens with zero attached hydrogens (tertiary/aromatic N) is 1. The molecule has 1 amide bonds. The number of benzene rings is 1. The summed E-state index contributed by atoms with van der Waals surface area (Å²) in [5, 5.41) is 0.810. The number of esters is 1. The number of allylic oxidation sites excluding steroid dienone is 1. The zero-order valence-corrected chi connectivity index (χ0v) is 21.2. The quantitative estimate of drug-likeness (QED) is 0.371. The molecule has 1 aliphatic heterocycles. The molecule has 0 fully saturated rings. The van der Waals surface area contributed by atoms with E-state index in [-0.39, 0.29) is 28.5 Å². The molecule has 1 aromatic rings. The van der Waals surface area contributed by atoms with Gasteiger partial charge >= 0.3 is 11.9 Å². The molecule has 0 radical (unpaired) electrons. The number of anilines is 2. The van der Waals surface area contributed by atoms with Crippen molar-refractivity contribution in [1.29, 1.82) is 0 Å². The molecule has 0 aliphatic carbocycles. The number of amides is 1. The first-order valence-corrected chi connectivity index (χ1v) is 12.3. The van der Waals surface area contributed by atoms with E-state index in [9.17, 15) is 22.8 Å². The summed E-state index contributed by atoms with van der Waals surface area (Å²) in [6, 6.07) is 4.42. The largest absolute Gasteiger partial charge is 0.430 e. The van der Waals surface area contributed by atoms with Crippen LogP contribution in [0.25, 0.3) is 5.57 Å². The maximum Gasteiger partial charge on any atom is 0.338 e. The van der Waals surface area contributed by atoms with Crippen LogP contribution < -0.4 is 9.79 Å². The zero-order chi connectivity index (χ0) is 25.4. The lowest BCUT2D eigenvalue weighted by Crippen LogP contribution is -2.35. The van der Waals surface area contributed by atoms with E-state index in [2.05, 4.69) is 4.72 Å². The number of hydrogen-bond donors (Lipinski definition) is 1. The van der Waals surface area contributed by atoms with Crippen LogP contribution in [-0.4, -0.2) is 32.0 Å². The van der Waals surface area contributed by atoms with Crippen LogP contribution in [0.1, 0.15) is 67.4 Å². The minimum Gasteiger partial charge on any atom is -0.430 e. The van der Waals surface area contributed by atoms with Crippen LogP contribution in [0.15, 0.2) is 24.0 Å². The van der Waals surface area contributed by atoms with Gasteiger partial charge in [-0.2, -0.15) is 0 Å². The van der Waals surface area contributed by atoms with E-state index in [4.69, 9.17) is 9.57 Å². The summed E-state index contributed by atoms with van der Waals surface area (Å²) < 4.78 is 32.3. The topological polar surface area (TPSA) is 119 Å². The Bertz CT molecular complexity index is 1110. The first kappa shape index (κ1) is 26.4. The maximum atomic E-state index is 13.3. The Morgan fingerprint density at radius 3 is 2.12 bits per heavy atom. The van der Waals surface area contributed by atoms with Crippen molar-refractivity contribution in [1.82, 2.24) is 0 Å². The molecule has 1 N–H and O–H groups in total. The van der Waals surface area contributed by atoms with Crippen molar-refractivity contribution in [3.05, 3.63) is 29.5 Å². The SMILES string of the molecule is CCCS(=O)(=O)Nc1ccc2c(c1)N(OC(=O)C(C)(C)C)C(=O)/C2=C(/C)OC(=O)C(C)(C)C. The lowest BCUT2D eigenvalue weighted by molar-refractivity contribution is -0.157. The van der Waals surface area contributed by atoms with Crippen LogP contribution in [0, 0.1) is 10.8 Å². The Kier molecular flexibility index (Phi) is 7.33. The summed E-state index contributed by atoms with van der Waals surface area (Å²) in [5.41, 5.74) is -0.938. The Morgan fingerprint density at radius 1 is 1.03 bits per heavy atom. The van der Waals surface area contributed by atoms with Crippen molar-refractivity contribution in [2.45, 2.75) is 61.8 Å². The number of hydroxylamine groups is 1. The molecule has 1 aliphatic rings. The second-order valence-corrected chi connectivity index (χ2v) is 11.8. The Balaban J connectivity index is 2.58. The number of sulfonamides is 1. The van der Waals surface area contributed by atoms with Crippen molar-refractivity contribution in [3.63, 3.8) is 0 Å². The molecular weight excluding hydrogens is 448 g/mol. The van der Waals surface area contributed by atoms with Gasteiger partial charge in [0, 0.05) is 5.56 Å². The van der Waals surface area contributed by atoms with Gasteiger partial charge in [-0.25, -0.2) is 13.2 Å². The van der Waals surface area contributed by atoms with E-state index in [1.807, 2.05) is 0 Å². The monoisotopic (exact) mass is 480 g/mol. The minimum absolute atomic E-state index is 0.0484. The third-order valence-corrected chi connectivity index (χ3v) is 6.12. The second kappa shape index (κ2) is 9.17. The fraction of sp³-hybridized carbons (Fsp3) is 0.522. The standard InChI is InChI=1S/C23H32N2O7S/c1-9-12-33(29,30)24-15-10-11-16-17(13-15)25(32-21(28)23(6,7)8)19(26)18(16)14(2)31-20(27)22(3,4)5/h10-11,13,24H,9,12H2,1-8H3/b18-14-. The van der Waals surface area contributed by atoms with Crippen LogP contribution >= 0.6 is 0 Å². The highest BCUT2D eigenvalue weighted by molar-refractivity contribution is 7.92. The maximum absolute atomic E-state index is 13.3. The highest BCUT2D eigenvalue weighted by Crippen LogP contribution is 2.41. The van der Waals surface area contributed by atoms with E-state index in [1.165, 1.54) is 25.1 Å². The second-order valence-electron chi connectivity index (χ2n) is 9.95. The molecule has 1 aromatic carbocycles. The summed E-state index contributed by atoms with van der Waals surface area (Å²) in [6.45, 7) is 13.2. The van der Waals surface area contributed by atoms with Crippen molar-refractivity contribution >= 4 is 44.8 Å². The summed E-state index contributed by atoms with van der Waals surface area (Å²) in [4.78, 5) is 43.6. The predicted molar refractivity (Wildman–Crippen MR) is 125 cm³/mol. The molecule has 0 bridgehead atoms. The van der Waals surface area contributed by atoms with Gasteiger partial charge in [-0.15, -0.1) is 5.06 Å². The third-order valence-electron chi connectivity index (χ3n) is 4.63. The molecule has 182 valence electrons. The first-order valence-electron chi connectivity index (χ1n) is 10.6. The third kappa shape index (κ3) is 6.13. The fourth-order valence-corrected chi connectivity index (χ4v) is 3.92. The Labute approximate surface area is 195 Å². The van der Waals surface area contributed by atoms with E-state index < -0.39 is 38.7 Å². The van der Waals surface area contributed by atoms with Crippen molar-refractivity contribution in [2.24, 2.45) is 10.8 Å². The number of hydrogen-bond acceptors (Lipinski definition) is 7. The molecular formula is C23H32N2O7S. The van der Waals surface area contributed by atoms with Gasteiger partial charge in [-0.05, 0) is 73.1 Å². The van der Waals surface area contributed by atoms with E-state index in [0.29, 0.717) is 12.0 Å². The van der Waals surface area contributed by atoms with Gasteiger partial charge in [0.05, 0.1) is 33.5 Å². The lowest BCUT2D eigenvalue weighted by atomic mass is 9.97. The molecule has 10 heteroatoms. The van der Waals surface area contributed by atoms with Crippen LogP contribution in [0.2, 0.25) is 0 Å². The van der Waals surface area contributed by atoms with Crippen molar-refractivity contribution in [3.8, 4) is 0 Å². The molecule has 33 heavy (non-hydrogen) atoms. The molecule has 2 rings (SSSR count). The number of ether oxygens (including phenoxy) is 1. The number of fused-ring (bicyclic) bond motifs is 1.